The maximum atomic E-state index is 11.4. The van der Waals surface area contributed by atoms with Crippen LogP contribution in [0, 0.1) is 0 Å². The minimum atomic E-state index is -1.19. The van der Waals surface area contributed by atoms with Gasteiger partial charge in [0.2, 0.25) is 0 Å². The van der Waals surface area contributed by atoms with Crippen molar-refractivity contribution in [3.8, 4) is 0 Å². The topological polar surface area (TPSA) is 100 Å². The fourth-order valence-corrected chi connectivity index (χ4v) is 2.02. The summed E-state index contributed by atoms with van der Waals surface area (Å²) in [6, 6.07) is 3.16. The number of hydrogen-bond donors (Lipinski definition) is 3. The van der Waals surface area contributed by atoms with Gasteiger partial charge in [0.1, 0.15) is 17.8 Å². The van der Waals surface area contributed by atoms with Gasteiger partial charge in [-0.1, -0.05) is 0 Å². The third kappa shape index (κ3) is 2.59. The van der Waals surface area contributed by atoms with Crippen LogP contribution in [0.5, 0.6) is 0 Å². The molecule has 2 unspecified atom stereocenters. The Morgan fingerprint density at radius 1 is 1.47 bits per heavy atom. The molecule has 1 aromatic heterocycles. The molecule has 1 fully saturated rings. The Morgan fingerprint density at radius 2 is 2.21 bits per heavy atom. The number of aliphatic hydroxyl groups is 3. The maximum absolute atomic E-state index is 11.4. The molecule has 104 valence electrons. The van der Waals surface area contributed by atoms with Crippen LogP contribution in [0.1, 0.15) is 16.6 Å². The van der Waals surface area contributed by atoms with Crippen LogP contribution in [0.3, 0.4) is 0 Å². The molecule has 1 aliphatic rings. The number of hydrogen-bond acceptors (Lipinski definition) is 6. The predicted octanol–water partition coefficient (Wildman–Crippen LogP) is -1.63. The van der Waals surface area contributed by atoms with Crippen molar-refractivity contribution in [1.29, 1.82) is 0 Å². The van der Waals surface area contributed by atoms with E-state index < -0.39 is 37.1 Å². The number of aliphatic hydroxyl groups excluding tert-OH is 3. The number of rotatable bonds is 3. The summed E-state index contributed by atoms with van der Waals surface area (Å²) in [5.41, 5.74) is 0.294. The first-order chi connectivity index (χ1) is 9.08. The van der Waals surface area contributed by atoms with Crippen LogP contribution in [0.2, 0.25) is 0 Å². The Hall–Kier alpha value is -1.54. The normalized spacial score (nSPS) is 30.3. The van der Waals surface area contributed by atoms with Crippen molar-refractivity contribution in [3.63, 3.8) is 0 Å². The highest BCUT2D eigenvalue weighted by Gasteiger charge is 2.47. The van der Waals surface area contributed by atoms with Gasteiger partial charge in [-0.2, -0.15) is 4.57 Å². The van der Waals surface area contributed by atoms with Gasteiger partial charge in [0.15, 0.2) is 18.5 Å². The Bertz CT molecular complexity index is 465. The largest absolute Gasteiger partial charge is 0.465 e. The molecule has 0 spiro atoms. The average molecular weight is 270 g/mol. The summed E-state index contributed by atoms with van der Waals surface area (Å²) in [6.45, 7) is -0.397. The highest BCUT2D eigenvalue weighted by molar-refractivity contribution is 5.88. The third-order valence-electron chi connectivity index (χ3n) is 3.05. The number of pyridine rings is 1. The summed E-state index contributed by atoms with van der Waals surface area (Å²) < 4.78 is 11.4. The molecule has 0 aliphatic carbocycles. The van der Waals surface area contributed by atoms with Gasteiger partial charge in [0.05, 0.1) is 13.7 Å². The van der Waals surface area contributed by atoms with E-state index in [2.05, 4.69) is 4.74 Å². The van der Waals surface area contributed by atoms with Crippen molar-refractivity contribution in [2.45, 2.75) is 24.5 Å². The smallest absolute Gasteiger partial charge is 0.343 e. The summed E-state index contributed by atoms with van der Waals surface area (Å²) in [7, 11) is 1.27. The van der Waals surface area contributed by atoms with E-state index in [9.17, 15) is 15.0 Å². The zero-order valence-electron chi connectivity index (χ0n) is 10.3. The molecule has 0 bridgehead atoms. The molecule has 3 N–H and O–H groups in total. The van der Waals surface area contributed by atoms with Crippen molar-refractivity contribution in [3.05, 3.63) is 30.1 Å². The van der Waals surface area contributed by atoms with E-state index in [4.69, 9.17) is 9.84 Å². The van der Waals surface area contributed by atoms with Crippen LogP contribution in [-0.4, -0.2) is 53.3 Å². The summed E-state index contributed by atoms with van der Waals surface area (Å²) >= 11 is 0. The van der Waals surface area contributed by atoms with Crippen molar-refractivity contribution < 1.29 is 34.2 Å². The Morgan fingerprint density at radius 3 is 2.79 bits per heavy atom. The second kappa shape index (κ2) is 5.62. The number of nitrogens with zero attached hydrogens (tertiary/aromatic N) is 1. The lowest BCUT2D eigenvalue weighted by molar-refractivity contribution is -0.765. The van der Waals surface area contributed by atoms with Crippen molar-refractivity contribution >= 4 is 5.97 Å². The molecule has 0 amide bonds. The average Bonchev–Trinajstić information content (AvgIpc) is 2.74. The maximum Gasteiger partial charge on any atom is 0.343 e. The summed E-state index contributed by atoms with van der Waals surface area (Å²) in [6.07, 6.45) is -1.04. The van der Waals surface area contributed by atoms with E-state index in [1.165, 1.54) is 17.9 Å². The molecule has 0 aromatic carbocycles. The summed E-state index contributed by atoms with van der Waals surface area (Å²) in [5, 5.41) is 28.6. The number of methoxy groups -OCH3 is 1. The van der Waals surface area contributed by atoms with Gasteiger partial charge >= 0.3 is 5.97 Å². The molecular formula is C12H16NO6+. The van der Waals surface area contributed by atoms with E-state index in [1.807, 2.05) is 0 Å². The first-order valence-corrected chi connectivity index (χ1v) is 5.80. The quantitative estimate of drug-likeness (QED) is 0.450. The molecule has 0 saturated carbocycles. The van der Waals surface area contributed by atoms with Crippen molar-refractivity contribution in [1.82, 2.24) is 0 Å². The Kier molecular flexibility index (Phi) is 4.11. The lowest BCUT2D eigenvalue weighted by Crippen LogP contribution is -2.46. The molecule has 2 rings (SSSR count). The molecule has 1 saturated heterocycles. The highest BCUT2D eigenvalue weighted by atomic mass is 16.6. The lowest BCUT2D eigenvalue weighted by Gasteiger charge is -2.10. The van der Waals surface area contributed by atoms with Gasteiger partial charge in [-0.05, 0) is 6.07 Å². The zero-order chi connectivity index (χ0) is 14.0. The number of aromatic nitrogens is 1. The fourth-order valence-electron chi connectivity index (χ4n) is 2.02. The minimum absolute atomic E-state index is 0.294. The van der Waals surface area contributed by atoms with Gasteiger partial charge in [0.25, 0.3) is 6.23 Å². The Balaban J connectivity index is 2.25. The number of esters is 1. The van der Waals surface area contributed by atoms with Crippen LogP contribution in [0.15, 0.2) is 24.5 Å². The van der Waals surface area contributed by atoms with Crippen molar-refractivity contribution in [2.24, 2.45) is 0 Å². The monoisotopic (exact) mass is 270 g/mol. The fraction of sp³-hybridized carbons (Fsp3) is 0.500. The molecule has 7 nitrogen and oxygen atoms in total. The zero-order valence-corrected chi connectivity index (χ0v) is 10.3. The van der Waals surface area contributed by atoms with Crippen LogP contribution in [0.4, 0.5) is 0 Å². The molecule has 19 heavy (non-hydrogen) atoms. The number of ether oxygens (including phenoxy) is 2. The highest BCUT2D eigenvalue weighted by Crippen LogP contribution is 2.25. The van der Waals surface area contributed by atoms with Gasteiger partial charge in [0, 0.05) is 6.07 Å². The third-order valence-corrected chi connectivity index (χ3v) is 3.05. The first kappa shape index (κ1) is 13.9. The van der Waals surface area contributed by atoms with E-state index in [1.54, 1.807) is 18.3 Å². The van der Waals surface area contributed by atoms with Gasteiger partial charge in [-0.25, -0.2) is 4.79 Å². The van der Waals surface area contributed by atoms with Crippen LogP contribution < -0.4 is 4.57 Å². The van der Waals surface area contributed by atoms with E-state index in [0.717, 1.165) is 0 Å². The van der Waals surface area contributed by atoms with Gasteiger partial charge < -0.3 is 24.8 Å². The van der Waals surface area contributed by atoms with Gasteiger partial charge in [-0.3, -0.25) is 0 Å². The SMILES string of the molecule is COC(=O)c1ccc[n+]([C@@H]2O[C@H](CO)C(O)C2O)c1. The van der Waals surface area contributed by atoms with E-state index >= 15 is 0 Å². The molecule has 2 heterocycles. The molecule has 0 radical (unpaired) electrons. The van der Waals surface area contributed by atoms with Crippen molar-refractivity contribution in [2.75, 3.05) is 13.7 Å². The first-order valence-electron chi connectivity index (χ1n) is 5.80. The second-order valence-corrected chi connectivity index (χ2v) is 4.26. The number of carbonyl (C=O) groups is 1. The standard InChI is InChI=1S/C12H16NO6/c1-18-12(17)7-3-2-4-13(5-7)11-10(16)9(15)8(6-14)19-11/h2-5,8-11,14-16H,6H2,1H3/q+1/t8-,9?,10?,11-/m1/s1. The number of carbonyl (C=O) groups excluding carboxylic acids is 1. The van der Waals surface area contributed by atoms with E-state index in [0.29, 0.717) is 5.56 Å². The van der Waals surface area contributed by atoms with Crippen LogP contribution in [0.25, 0.3) is 0 Å². The van der Waals surface area contributed by atoms with Crippen LogP contribution >= 0.6 is 0 Å². The van der Waals surface area contributed by atoms with Crippen LogP contribution in [-0.2, 0) is 9.47 Å². The molecule has 1 aliphatic heterocycles. The molecule has 1 aromatic rings. The summed E-state index contributed by atoms with van der Waals surface area (Å²) in [4.78, 5) is 11.4. The molecule has 7 heteroatoms. The Labute approximate surface area is 109 Å². The van der Waals surface area contributed by atoms with Gasteiger partial charge in [-0.15, -0.1) is 0 Å². The lowest BCUT2D eigenvalue weighted by atomic mass is 10.1. The summed E-state index contributed by atoms with van der Waals surface area (Å²) in [5.74, 6) is -0.513. The molecular weight excluding hydrogens is 254 g/mol. The minimum Gasteiger partial charge on any atom is -0.465 e. The second-order valence-electron chi connectivity index (χ2n) is 4.26. The predicted molar refractivity (Wildman–Crippen MR) is 61.0 cm³/mol. The molecule has 4 atom stereocenters. The van der Waals surface area contributed by atoms with E-state index in [-0.39, 0.29) is 0 Å².